The van der Waals surface area contributed by atoms with Crippen LogP contribution in [0.15, 0.2) is 66.7 Å². The van der Waals surface area contributed by atoms with Crippen LogP contribution in [0.2, 0.25) is 0 Å². The van der Waals surface area contributed by atoms with Gasteiger partial charge in [0.2, 0.25) is 0 Å². The largest absolute Gasteiger partial charge is 0.507 e. The molecular weight excluding hydrogens is 380 g/mol. The number of aryl methyl sites for hydroxylation is 1. The molecule has 0 aliphatic rings. The summed E-state index contributed by atoms with van der Waals surface area (Å²) in [4.78, 5) is 24.8. The third-order valence-corrected chi connectivity index (χ3v) is 5.13. The van der Waals surface area contributed by atoms with Gasteiger partial charge in [0.15, 0.2) is 6.10 Å². The van der Waals surface area contributed by atoms with Gasteiger partial charge in [-0.1, -0.05) is 30.3 Å². The van der Waals surface area contributed by atoms with E-state index in [1.807, 2.05) is 30.3 Å². The lowest BCUT2D eigenvalue weighted by atomic mass is 10.1. The molecule has 6 heteroatoms. The number of phenolic OH excluding ortho intramolecular Hbond substituents is 1. The average molecular weight is 402 g/mol. The van der Waals surface area contributed by atoms with Crippen LogP contribution >= 0.6 is 0 Å². The molecule has 0 bridgehead atoms. The average Bonchev–Trinajstić information content (AvgIpc) is 3.07. The number of fused-ring (bicyclic) bond motifs is 3. The fraction of sp³-hybridized carbons (Fsp3) is 0.167. The number of para-hydroxylation sites is 2. The Hall–Kier alpha value is -3.80. The van der Waals surface area contributed by atoms with E-state index in [-0.39, 0.29) is 11.3 Å². The molecule has 0 aliphatic carbocycles. The predicted molar refractivity (Wildman–Crippen MR) is 117 cm³/mol. The number of nitrogens with zero attached hydrogens (tertiary/aromatic N) is 1. The van der Waals surface area contributed by atoms with Gasteiger partial charge in [-0.05, 0) is 50.2 Å². The summed E-state index contributed by atoms with van der Waals surface area (Å²) in [6, 6.07) is 19.9. The number of amides is 1. The number of anilines is 1. The van der Waals surface area contributed by atoms with Crippen LogP contribution in [-0.4, -0.2) is 27.7 Å². The molecule has 0 saturated carbocycles. The molecule has 152 valence electrons. The molecule has 0 fully saturated rings. The molecule has 4 aromatic rings. The topological polar surface area (TPSA) is 80.6 Å². The van der Waals surface area contributed by atoms with Crippen molar-refractivity contribution in [1.82, 2.24) is 4.57 Å². The molecular formula is C24H22N2O4. The molecule has 0 saturated heterocycles. The van der Waals surface area contributed by atoms with Crippen molar-refractivity contribution in [2.45, 2.75) is 26.5 Å². The molecule has 4 rings (SSSR count). The molecule has 6 nitrogen and oxygen atoms in total. The van der Waals surface area contributed by atoms with E-state index in [0.717, 1.165) is 28.4 Å². The van der Waals surface area contributed by atoms with Gasteiger partial charge in [0.25, 0.3) is 5.91 Å². The van der Waals surface area contributed by atoms with Crippen LogP contribution < -0.4 is 5.32 Å². The summed E-state index contributed by atoms with van der Waals surface area (Å²) in [5.41, 5.74) is 2.88. The van der Waals surface area contributed by atoms with Crippen LogP contribution in [0.1, 0.15) is 24.2 Å². The highest BCUT2D eigenvalue weighted by Gasteiger charge is 2.21. The van der Waals surface area contributed by atoms with E-state index in [0.29, 0.717) is 5.69 Å². The first-order valence-electron chi connectivity index (χ1n) is 9.80. The lowest BCUT2D eigenvalue weighted by molar-refractivity contribution is -0.123. The predicted octanol–water partition coefficient (Wildman–Crippen LogP) is 4.70. The Kier molecular flexibility index (Phi) is 5.14. The minimum absolute atomic E-state index is 0.0194. The van der Waals surface area contributed by atoms with Crippen molar-refractivity contribution in [3.8, 4) is 5.75 Å². The van der Waals surface area contributed by atoms with Gasteiger partial charge in [0, 0.05) is 34.0 Å². The van der Waals surface area contributed by atoms with E-state index in [1.54, 1.807) is 12.1 Å². The molecule has 0 spiro atoms. The smallest absolute Gasteiger partial charge is 0.342 e. The van der Waals surface area contributed by atoms with Gasteiger partial charge in [-0.3, -0.25) is 4.79 Å². The van der Waals surface area contributed by atoms with Crippen LogP contribution in [0.4, 0.5) is 5.69 Å². The number of nitrogens with one attached hydrogen (secondary N) is 1. The standard InChI is InChI=1S/C24H22N2O4/c1-3-26-20-10-6-4-8-17(20)19-14-16(12-13-21(19)26)25-23(28)15(2)30-24(29)18-9-5-7-11-22(18)27/h4-15,27H,3H2,1-2H3,(H,25,28)/t15-/m1/s1. The van der Waals surface area contributed by atoms with E-state index in [2.05, 4.69) is 28.9 Å². The van der Waals surface area contributed by atoms with E-state index >= 15 is 0 Å². The quantitative estimate of drug-likeness (QED) is 0.474. The van der Waals surface area contributed by atoms with Gasteiger partial charge in [0.1, 0.15) is 11.3 Å². The van der Waals surface area contributed by atoms with Crippen molar-refractivity contribution in [3.63, 3.8) is 0 Å². The SMILES string of the molecule is CCn1c2ccccc2c2cc(NC(=O)[C@@H](C)OC(=O)c3ccccc3O)ccc21. The highest BCUT2D eigenvalue weighted by Crippen LogP contribution is 2.31. The normalized spacial score (nSPS) is 12.1. The van der Waals surface area contributed by atoms with Gasteiger partial charge >= 0.3 is 5.97 Å². The first-order valence-corrected chi connectivity index (χ1v) is 9.80. The fourth-order valence-corrected chi connectivity index (χ4v) is 3.64. The number of esters is 1. The van der Waals surface area contributed by atoms with Crippen molar-refractivity contribution < 1.29 is 19.4 Å². The number of aromatic hydroxyl groups is 1. The molecule has 0 unspecified atom stereocenters. The molecule has 1 heterocycles. The summed E-state index contributed by atoms with van der Waals surface area (Å²) in [7, 11) is 0. The van der Waals surface area contributed by atoms with E-state index in [4.69, 9.17) is 4.74 Å². The highest BCUT2D eigenvalue weighted by molar-refractivity contribution is 6.10. The Bertz CT molecular complexity index is 1260. The first-order chi connectivity index (χ1) is 14.5. The van der Waals surface area contributed by atoms with Gasteiger partial charge < -0.3 is 19.7 Å². The molecule has 1 amide bonds. The zero-order chi connectivity index (χ0) is 21.3. The summed E-state index contributed by atoms with van der Waals surface area (Å²) in [5, 5.41) is 14.7. The van der Waals surface area contributed by atoms with Crippen molar-refractivity contribution in [2.24, 2.45) is 0 Å². The molecule has 0 aliphatic heterocycles. The van der Waals surface area contributed by atoms with Crippen LogP contribution in [0.25, 0.3) is 21.8 Å². The summed E-state index contributed by atoms with van der Waals surface area (Å²) in [5.74, 6) is -1.39. The Morgan fingerprint density at radius 1 is 1.00 bits per heavy atom. The monoisotopic (exact) mass is 402 g/mol. The number of phenols is 1. The first kappa shape index (κ1) is 19.5. The zero-order valence-electron chi connectivity index (χ0n) is 16.8. The lowest BCUT2D eigenvalue weighted by Crippen LogP contribution is -2.30. The van der Waals surface area contributed by atoms with E-state index in [1.165, 1.54) is 19.1 Å². The van der Waals surface area contributed by atoms with E-state index in [9.17, 15) is 14.7 Å². The second-order valence-electron chi connectivity index (χ2n) is 7.05. The van der Waals surface area contributed by atoms with E-state index < -0.39 is 18.0 Å². The maximum atomic E-state index is 12.6. The number of benzene rings is 3. The maximum Gasteiger partial charge on any atom is 0.342 e. The lowest BCUT2D eigenvalue weighted by Gasteiger charge is -2.14. The highest BCUT2D eigenvalue weighted by atomic mass is 16.5. The fourth-order valence-electron chi connectivity index (χ4n) is 3.64. The number of carbonyl (C=O) groups is 2. The summed E-state index contributed by atoms with van der Waals surface area (Å²) >= 11 is 0. The van der Waals surface area contributed by atoms with Gasteiger partial charge in [0.05, 0.1) is 0 Å². The third-order valence-electron chi connectivity index (χ3n) is 5.13. The summed E-state index contributed by atoms with van der Waals surface area (Å²) < 4.78 is 7.44. The second-order valence-corrected chi connectivity index (χ2v) is 7.05. The zero-order valence-corrected chi connectivity index (χ0v) is 16.8. The number of hydrogen-bond donors (Lipinski definition) is 2. The molecule has 1 aromatic heterocycles. The van der Waals surface area contributed by atoms with Gasteiger partial charge in [-0.25, -0.2) is 4.79 Å². The minimum Gasteiger partial charge on any atom is -0.507 e. The van der Waals surface area contributed by atoms with Crippen LogP contribution in [0.5, 0.6) is 5.75 Å². The van der Waals surface area contributed by atoms with Gasteiger partial charge in [-0.2, -0.15) is 0 Å². The Morgan fingerprint density at radius 3 is 2.47 bits per heavy atom. The number of ether oxygens (including phenoxy) is 1. The van der Waals surface area contributed by atoms with Crippen LogP contribution in [-0.2, 0) is 16.1 Å². The summed E-state index contributed by atoms with van der Waals surface area (Å²) in [6.07, 6.45) is -1.02. The Balaban J connectivity index is 1.55. The van der Waals surface area contributed by atoms with Crippen molar-refractivity contribution in [3.05, 3.63) is 72.3 Å². The molecule has 0 radical (unpaired) electrons. The van der Waals surface area contributed by atoms with Gasteiger partial charge in [-0.15, -0.1) is 0 Å². The molecule has 30 heavy (non-hydrogen) atoms. The summed E-state index contributed by atoms with van der Waals surface area (Å²) in [6.45, 7) is 4.44. The van der Waals surface area contributed by atoms with Crippen LogP contribution in [0.3, 0.4) is 0 Å². The number of aromatic nitrogens is 1. The Morgan fingerprint density at radius 2 is 1.70 bits per heavy atom. The minimum atomic E-state index is -1.02. The van der Waals surface area contributed by atoms with Crippen molar-refractivity contribution in [1.29, 1.82) is 0 Å². The van der Waals surface area contributed by atoms with Crippen molar-refractivity contribution in [2.75, 3.05) is 5.32 Å². The number of hydrogen-bond acceptors (Lipinski definition) is 4. The molecule has 3 aromatic carbocycles. The third kappa shape index (κ3) is 3.48. The van der Waals surface area contributed by atoms with Crippen LogP contribution in [0, 0.1) is 0 Å². The number of carbonyl (C=O) groups excluding carboxylic acids is 2. The molecule has 1 atom stereocenters. The second kappa shape index (κ2) is 7.91. The maximum absolute atomic E-state index is 12.6. The van der Waals surface area contributed by atoms with Crippen molar-refractivity contribution >= 4 is 39.4 Å². The molecule has 2 N–H and O–H groups in total. The Labute approximate surface area is 173 Å². The number of rotatable bonds is 5.